The van der Waals surface area contributed by atoms with Gasteiger partial charge >= 0.3 is 17.9 Å². The van der Waals surface area contributed by atoms with Crippen molar-refractivity contribution >= 4 is 17.9 Å². The second-order valence-electron chi connectivity index (χ2n) is 19.5. The quantitative estimate of drug-likeness (QED) is 0.0261. The minimum absolute atomic E-state index is 0.111. The first kappa shape index (κ1) is 72.5. The van der Waals surface area contributed by atoms with Gasteiger partial charge in [-0.2, -0.15) is 0 Å². The Kier molecular flexibility index (Phi) is 59.5. The number of carbonyl (C=O) groups is 3. The zero-order chi connectivity index (χ0) is 56.4. The summed E-state index contributed by atoms with van der Waals surface area (Å²) < 4.78 is 16.7. The number of hydrogen-bond donors (Lipinski definition) is 0. The van der Waals surface area contributed by atoms with E-state index in [0.29, 0.717) is 12.8 Å². The molecule has 6 heteroatoms. The van der Waals surface area contributed by atoms with Crippen molar-refractivity contribution in [1.29, 1.82) is 0 Å². The zero-order valence-corrected chi connectivity index (χ0v) is 49.6. The Labute approximate surface area is 478 Å². The molecule has 0 heterocycles. The zero-order valence-electron chi connectivity index (χ0n) is 49.6. The van der Waals surface area contributed by atoms with E-state index in [-0.39, 0.29) is 44.0 Å². The number of ether oxygens (including phenoxy) is 3. The van der Waals surface area contributed by atoms with Crippen molar-refractivity contribution in [2.75, 3.05) is 13.2 Å². The highest BCUT2D eigenvalue weighted by Gasteiger charge is 2.19. The molecular formula is C72H110O6. The molecule has 0 aliphatic carbocycles. The highest BCUT2D eigenvalue weighted by molar-refractivity contribution is 5.71. The largest absolute Gasteiger partial charge is 0.462 e. The van der Waals surface area contributed by atoms with E-state index in [1.54, 1.807) is 0 Å². The number of carbonyl (C=O) groups excluding carboxylic acids is 3. The normalized spacial score (nSPS) is 13.4. The van der Waals surface area contributed by atoms with E-state index in [4.69, 9.17) is 14.2 Å². The molecule has 0 amide bonds. The fraction of sp³-hybridized carbons (Fsp3) is 0.542. The second-order valence-corrected chi connectivity index (χ2v) is 19.5. The maximum Gasteiger partial charge on any atom is 0.306 e. The molecule has 1 unspecified atom stereocenters. The molecule has 0 aliphatic rings. The Morgan fingerprint density at radius 1 is 0.269 bits per heavy atom. The molecule has 434 valence electrons. The molecule has 6 nitrogen and oxygen atoms in total. The van der Waals surface area contributed by atoms with E-state index in [1.165, 1.54) is 32.1 Å². The lowest BCUT2D eigenvalue weighted by Gasteiger charge is -2.18. The van der Waals surface area contributed by atoms with Gasteiger partial charge in [-0.1, -0.05) is 261 Å². The number of hydrogen-bond acceptors (Lipinski definition) is 6. The van der Waals surface area contributed by atoms with Gasteiger partial charge in [0.05, 0.1) is 0 Å². The van der Waals surface area contributed by atoms with Crippen LogP contribution in [0.25, 0.3) is 0 Å². The fourth-order valence-electron chi connectivity index (χ4n) is 7.62. The lowest BCUT2D eigenvalue weighted by atomic mass is 10.1. The predicted octanol–water partition coefficient (Wildman–Crippen LogP) is 21.3. The molecule has 0 aliphatic heterocycles. The lowest BCUT2D eigenvalue weighted by Crippen LogP contribution is -2.30. The van der Waals surface area contributed by atoms with Crippen LogP contribution in [0.4, 0.5) is 0 Å². The molecule has 1 atom stereocenters. The number of allylic oxidation sites excluding steroid dienone is 30. The molecular weight excluding hydrogens is 961 g/mol. The first-order chi connectivity index (χ1) is 38.5. The van der Waals surface area contributed by atoms with Gasteiger partial charge in [-0.3, -0.25) is 14.4 Å². The van der Waals surface area contributed by atoms with Gasteiger partial charge in [0.2, 0.25) is 0 Å². The summed E-state index contributed by atoms with van der Waals surface area (Å²) in [5.41, 5.74) is 0. The Hall–Kier alpha value is -5.49. The topological polar surface area (TPSA) is 78.9 Å². The monoisotopic (exact) mass is 1070 g/mol. The summed E-state index contributed by atoms with van der Waals surface area (Å²) in [4.78, 5) is 38.0. The third-order valence-corrected chi connectivity index (χ3v) is 12.2. The molecule has 78 heavy (non-hydrogen) atoms. The van der Waals surface area contributed by atoms with Crippen molar-refractivity contribution in [2.45, 2.75) is 239 Å². The van der Waals surface area contributed by atoms with Crippen LogP contribution in [-0.2, 0) is 28.6 Å². The summed E-state index contributed by atoms with van der Waals surface area (Å²) in [6, 6.07) is 0. The third-order valence-electron chi connectivity index (χ3n) is 12.2. The van der Waals surface area contributed by atoms with Crippen molar-refractivity contribution < 1.29 is 28.6 Å². The summed E-state index contributed by atoms with van der Waals surface area (Å²) >= 11 is 0. The smallest absolute Gasteiger partial charge is 0.306 e. The molecule has 0 bridgehead atoms. The highest BCUT2D eigenvalue weighted by atomic mass is 16.6. The first-order valence-electron chi connectivity index (χ1n) is 30.8. The van der Waals surface area contributed by atoms with Crippen molar-refractivity contribution in [1.82, 2.24) is 0 Å². The van der Waals surface area contributed by atoms with E-state index in [1.807, 2.05) is 0 Å². The minimum atomic E-state index is -0.817. The Balaban J connectivity index is 4.32. The maximum atomic E-state index is 12.8. The Morgan fingerprint density at radius 2 is 0.513 bits per heavy atom. The van der Waals surface area contributed by atoms with Crippen LogP contribution in [0.5, 0.6) is 0 Å². The molecule has 0 radical (unpaired) electrons. The van der Waals surface area contributed by atoms with Crippen LogP contribution in [0.2, 0.25) is 0 Å². The summed E-state index contributed by atoms with van der Waals surface area (Å²) in [7, 11) is 0. The second kappa shape index (κ2) is 64.0. The number of rotatable bonds is 53. The fourth-order valence-corrected chi connectivity index (χ4v) is 7.62. The first-order valence-corrected chi connectivity index (χ1v) is 30.8. The van der Waals surface area contributed by atoms with Crippen LogP contribution in [0.3, 0.4) is 0 Å². The van der Waals surface area contributed by atoms with E-state index < -0.39 is 6.10 Å². The van der Waals surface area contributed by atoms with Gasteiger partial charge in [0.15, 0.2) is 6.10 Å². The van der Waals surface area contributed by atoms with E-state index in [0.717, 1.165) is 154 Å². The molecule has 0 N–H and O–H groups in total. The summed E-state index contributed by atoms with van der Waals surface area (Å²) in [5, 5.41) is 0. The molecule has 0 rings (SSSR count). The predicted molar refractivity (Wildman–Crippen MR) is 338 cm³/mol. The van der Waals surface area contributed by atoms with Crippen LogP contribution in [0, 0.1) is 0 Å². The number of esters is 3. The van der Waals surface area contributed by atoms with Gasteiger partial charge in [0, 0.05) is 19.3 Å². The van der Waals surface area contributed by atoms with Gasteiger partial charge < -0.3 is 14.2 Å². The SMILES string of the molecule is CC/C=C\C/C=C\C/C=C\C/C=C\C/C=C\C/C=C\C/C=C\C/C=C\C/C=C\CCCC(=O)OCC(COC(=O)CCCCCCCC)OC(=O)CCCCCCCC/C=C\C/C=C\C/C=C\C/C=C\C/C=C\C/C=C\CC. The van der Waals surface area contributed by atoms with Crippen LogP contribution >= 0.6 is 0 Å². The standard InChI is InChI=1S/C72H110O6/c1-4-7-10-13-16-18-20-22-24-26-28-30-32-34-35-36-37-39-40-42-44-46-48-50-52-54-56-59-62-65-71(74)77-68-69(67-76-70(73)64-61-58-15-12-9-6-3)78-72(75)66-63-60-57-55-53-51-49-47-45-43-41-38-33-31-29-27-25-23-21-19-17-14-11-8-5-2/h7-8,10-11,16-19,22-25,28-31,34-35,37-39,41-42,44-45,47-48,50,54,56,69H,4-6,9,12-15,20-21,26-27,32-33,36,40,43,46,49,51-53,55,57-68H2,1-3H3/b10-7-,11-8-,18-16-,19-17-,24-22-,25-23-,30-28-,31-29-,35-34-,39-37-,41-38-,44-42-,47-45-,50-48-,56-54-. The lowest BCUT2D eigenvalue weighted by molar-refractivity contribution is -0.167. The molecule has 0 saturated carbocycles. The molecule has 0 spiro atoms. The van der Waals surface area contributed by atoms with Crippen LogP contribution in [0.1, 0.15) is 233 Å². The highest BCUT2D eigenvalue weighted by Crippen LogP contribution is 2.13. The van der Waals surface area contributed by atoms with Crippen molar-refractivity contribution in [2.24, 2.45) is 0 Å². The van der Waals surface area contributed by atoms with E-state index in [2.05, 4.69) is 203 Å². The van der Waals surface area contributed by atoms with E-state index in [9.17, 15) is 14.4 Å². The molecule has 0 saturated heterocycles. The van der Waals surface area contributed by atoms with Crippen molar-refractivity contribution in [3.63, 3.8) is 0 Å². The summed E-state index contributed by atoms with van der Waals surface area (Å²) in [6.45, 7) is 6.27. The molecule has 0 aromatic carbocycles. The van der Waals surface area contributed by atoms with E-state index >= 15 is 0 Å². The summed E-state index contributed by atoms with van der Waals surface area (Å²) in [6.07, 6.45) is 96.4. The molecule has 0 aromatic heterocycles. The third kappa shape index (κ3) is 61.4. The van der Waals surface area contributed by atoms with Gasteiger partial charge in [-0.05, 0) is 135 Å². The van der Waals surface area contributed by atoms with Crippen molar-refractivity contribution in [3.05, 3.63) is 182 Å². The Bertz CT molecular complexity index is 1850. The number of unbranched alkanes of at least 4 members (excludes halogenated alkanes) is 12. The van der Waals surface area contributed by atoms with Gasteiger partial charge in [-0.15, -0.1) is 0 Å². The minimum Gasteiger partial charge on any atom is -0.462 e. The van der Waals surface area contributed by atoms with Crippen LogP contribution < -0.4 is 0 Å². The average molecular weight is 1070 g/mol. The molecule has 0 fully saturated rings. The maximum absolute atomic E-state index is 12.8. The van der Waals surface area contributed by atoms with Crippen LogP contribution in [0.15, 0.2) is 182 Å². The Morgan fingerprint density at radius 3 is 0.833 bits per heavy atom. The molecule has 0 aromatic rings. The van der Waals surface area contributed by atoms with Crippen LogP contribution in [-0.4, -0.2) is 37.2 Å². The van der Waals surface area contributed by atoms with Gasteiger partial charge in [0.25, 0.3) is 0 Å². The summed E-state index contributed by atoms with van der Waals surface area (Å²) in [5.74, 6) is -1.01. The van der Waals surface area contributed by atoms with Gasteiger partial charge in [0.1, 0.15) is 13.2 Å². The average Bonchev–Trinajstić information content (AvgIpc) is 3.44. The van der Waals surface area contributed by atoms with Gasteiger partial charge in [-0.25, -0.2) is 0 Å². The van der Waals surface area contributed by atoms with Crippen molar-refractivity contribution in [3.8, 4) is 0 Å².